The second-order valence-corrected chi connectivity index (χ2v) is 7.99. The maximum atomic E-state index is 13.7. The van der Waals surface area contributed by atoms with Crippen molar-refractivity contribution < 1.29 is 29.1 Å². The summed E-state index contributed by atoms with van der Waals surface area (Å²) in [4.78, 5) is 46.4. The number of fused-ring (bicyclic) bond motifs is 1. The van der Waals surface area contributed by atoms with Gasteiger partial charge in [0.1, 0.15) is 11.7 Å². The molecular formula is C26H22N2O6. The van der Waals surface area contributed by atoms with Gasteiger partial charge < -0.3 is 9.84 Å². The van der Waals surface area contributed by atoms with Crippen molar-refractivity contribution >= 4 is 29.2 Å². The standard InChI is InChI=1S/C26H22N2O6/c1-2-33-18-12-8-11-17(15-18)27-24(29)21-22(19-13-6-7-14-20(19)26(31)32)28(34-23(21)25(27)30)16-9-4-3-5-10-16/h3-15,21-23H,2H2,1H3,(H,31,32)/t21-,22+,23+/m0/s1. The molecule has 2 aliphatic rings. The highest BCUT2D eigenvalue weighted by Crippen LogP contribution is 2.48. The summed E-state index contributed by atoms with van der Waals surface area (Å²) in [7, 11) is 0. The first kappa shape index (κ1) is 21.7. The number of anilines is 2. The molecule has 0 aliphatic carbocycles. The summed E-state index contributed by atoms with van der Waals surface area (Å²) in [5.41, 5.74) is 1.45. The number of carboxylic acids is 1. The number of para-hydroxylation sites is 1. The van der Waals surface area contributed by atoms with Crippen LogP contribution in [0.4, 0.5) is 11.4 Å². The van der Waals surface area contributed by atoms with Crippen molar-refractivity contribution in [3.05, 3.63) is 90.0 Å². The molecule has 0 bridgehead atoms. The molecule has 2 saturated heterocycles. The van der Waals surface area contributed by atoms with E-state index < -0.39 is 35.8 Å². The van der Waals surface area contributed by atoms with Crippen molar-refractivity contribution in [3.63, 3.8) is 0 Å². The zero-order valence-corrected chi connectivity index (χ0v) is 18.3. The lowest BCUT2D eigenvalue weighted by atomic mass is 9.88. The lowest BCUT2D eigenvalue weighted by Crippen LogP contribution is -2.37. The third-order valence-corrected chi connectivity index (χ3v) is 6.02. The number of hydrogen-bond donors (Lipinski definition) is 1. The first-order chi connectivity index (χ1) is 16.5. The van der Waals surface area contributed by atoms with Gasteiger partial charge in [-0.1, -0.05) is 42.5 Å². The summed E-state index contributed by atoms with van der Waals surface area (Å²) in [6.45, 7) is 2.29. The summed E-state index contributed by atoms with van der Waals surface area (Å²) in [5.74, 6) is -2.46. The average Bonchev–Trinajstić information content (AvgIpc) is 3.36. The van der Waals surface area contributed by atoms with E-state index in [4.69, 9.17) is 9.57 Å². The Hall–Kier alpha value is -4.17. The van der Waals surface area contributed by atoms with Crippen LogP contribution in [-0.2, 0) is 14.4 Å². The molecule has 3 aromatic rings. The van der Waals surface area contributed by atoms with Gasteiger partial charge in [0.25, 0.3) is 5.91 Å². The lowest BCUT2D eigenvalue weighted by Gasteiger charge is -2.29. The largest absolute Gasteiger partial charge is 0.494 e. The van der Waals surface area contributed by atoms with Crippen LogP contribution in [0.25, 0.3) is 0 Å². The third kappa shape index (κ3) is 3.48. The average molecular weight is 458 g/mol. The molecule has 0 aromatic heterocycles. The number of amides is 2. The molecular weight excluding hydrogens is 436 g/mol. The number of rotatable bonds is 6. The number of imide groups is 1. The topological polar surface area (TPSA) is 96.4 Å². The van der Waals surface area contributed by atoms with Crippen LogP contribution in [0.2, 0.25) is 0 Å². The van der Waals surface area contributed by atoms with Gasteiger partial charge in [-0.25, -0.2) is 14.8 Å². The number of carbonyl (C=O) groups excluding carboxylic acids is 2. The Bertz CT molecular complexity index is 1260. The van der Waals surface area contributed by atoms with Gasteiger partial charge in [-0.15, -0.1) is 0 Å². The molecule has 2 amide bonds. The van der Waals surface area contributed by atoms with E-state index in [-0.39, 0.29) is 5.56 Å². The normalized spacial score (nSPS) is 21.6. The number of ether oxygens (including phenoxy) is 1. The van der Waals surface area contributed by atoms with Crippen LogP contribution in [0.15, 0.2) is 78.9 Å². The molecule has 0 unspecified atom stereocenters. The van der Waals surface area contributed by atoms with Gasteiger partial charge in [-0.05, 0) is 42.8 Å². The molecule has 2 heterocycles. The Balaban J connectivity index is 1.60. The van der Waals surface area contributed by atoms with Crippen LogP contribution in [-0.4, -0.2) is 35.6 Å². The maximum absolute atomic E-state index is 13.7. The van der Waals surface area contributed by atoms with E-state index in [1.807, 2.05) is 25.1 Å². The third-order valence-electron chi connectivity index (χ3n) is 6.02. The minimum absolute atomic E-state index is 0.0507. The molecule has 34 heavy (non-hydrogen) atoms. The summed E-state index contributed by atoms with van der Waals surface area (Å²) >= 11 is 0. The number of hydroxylamine groups is 1. The molecule has 8 heteroatoms. The van der Waals surface area contributed by atoms with Crippen molar-refractivity contribution in [2.45, 2.75) is 19.1 Å². The Morgan fingerprint density at radius 3 is 2.38 bits per heavy atom. The first-order valence-electron chi connectivity index (χ1n) is 10.9. The monoisotopic (exact) mass is 458 g/mol. The van der Waals surface area contributed by atoms with Crippen LogP contribution < -0.4 is 14.7 Å². The molecule has 0 spiro atoms. The molecule has 3 aromatic carbocycles. The number of nitrogens with zero attached hydrogens (tertiary/aromatic N) is 2. The van der Waals surface area contributed by atoms with Crippen LogP contribution >= 0.6 is 0 Å². The Labute approximate surface area is 195 Å². The fraction of sp³-hybridized carbons (Fsp3) is 0.192. The van der Waals surface area contributed by atoms with Gasteiger partial charge in [-0.2, -0.15) is 0 Å². The first-order valence-corrected chi connectivity index (χ1v) is 10.9. The van der Waals surface area contributed by atoms with Crippen molar-refractivity contribution in [2.75, 3.05) is 16.6 Å². The van der Waals surface area contributed by atoms with Crippen molar-refractivity contribution in [2.24, 2.45) is 5.92 Å². The van der Waals surface area contributed by atoms with Crippen LogP contribution in [0, 0.1) is 5.92 Å². The lowest BCUT2D eigenvalue weighted by molar-refractivity contribution is -0.126. The molecule has 0 saturated carbocycles. The molecule has 2 aliphatic heterocycles. The Morgan fingerprint density at radius 1 is 0.941 bits per heavy atom. The van der Waals surface area contributed by atoms with E-state index in [0.717, 1.165) is 4.90 Å². The van der Waals surface area contributed by atoms with Gasteiger partial charge in [0, 0.05) is 6.07 Å². The molecule has 2 fully saturated rings. The van der Waals surface area contributed by atoms with Gasteiger partial charge in [0.15, 0.2) is 6.10 Å². The molecule has 0 radical (unpaired) electrons. The van der Waals surface area contributed by atoms with Gasteiger partial charge in [0.2, 0.25) is 5.91 Å². The summed E-state index contributed by atoms with van der Waals surface area (Å²) in [6.07, 6.45) is -1.09. The van der Waals surface area contributed by atoms with E-state index in [1.165, 1.54) is 11.1 Å². The minimum Gasteiger partial charge on any atom is -0.494 e. The number of benzene rings is 3. The quantitative estimate of drug-likeness (QED) is 0.561. The summed E-state index contributed by atoms with van der Waals surface area (Å²) in [5, 5.41) is 11.3. The Morgan fingerprint density at radius 2 is 1.65 bits per heavy atom. The van der Waals surface area contributed by atoms with Crippen molar-refractivity contribution in [1.82, 2.24) is 0 Å². The molecule has 8 nitrogen and oxygen atoms in total. The predicted octanol–water partition coefficient (Wildman–Crippen LogP) is 3.83. The van der Waals surface area contributed by atoms with E-state index in [1.54, 1.807) is 54.6 Å². The zero-order chi connectivity index (χ0) is 23.8. The van der Waals surface area contributed by atoms with Crippen LogP contribution in [0.5, 0.6) is 5.75 Å². The van der Waals surface area contributed by atoms with E-state index in [9.17, 15) is 19.5 Å². The Kier molecular flexibility index (Phi) is 5.51. The van der Waals surface area contributed by atoms with E-state index in [2.05, 4.69) is 0 Å². The summed E-state index contributed by atoms with van der Waals surface area (Å²) < 4.78 is 5.52. The van der Waals surface area contributed by atoms with Gasteiger partial charge in [0.05, 0.1) is 29.6 Å². The highest BCUT2D eigenvalue weighted by atomic mass is 16.7. The highest BCUT2D eigenvalue weighted by Gasteiger charge is 2.60. The highest BCUT2D eigenvalue weighted by molar-refractivity contribution is 6.24. The molecule has 1 N–H and O–H groups in total. The number of carboxylic acid groups (broad SMARTS) is 1. The van der Waals surface area contributed by atoms with E-state index >= 15 is 0 Å². The second-order valence-electron chi connectivity index (χ2n) is 7.99. The smallest absolute Gasteiger partial charge is 0.336 e. The fourth-order valence-corrected chi connectivity index (χ4v) is 4.61. The second kappa shape index (κ2) is 8.64. The number of hydrogen-bond acceptors (Lipinski definition) is 6. The van der Waals surface area contributed by atoms with Gasteiger partial charge >= 0.3 is 5.97 Å². The molecule has 3 atom stereocenters. The fourth-order valence-electron chi connectivity index (χ4n) is 4.61. The maximum Gasteiger partial charge on any atom is 0.336 e. The predicted molar refractivity (Wildman–Crippen MR) is 124 cm³/mol. The van der Waals surface area contributed by atoms with Crippen molar-refractivity contribution in [3.8, 4) is 5.75 Å². The van der Waals surface area contributed by atoms with E-state index in [0.29, 0.717) is 29.3 Å². The van der Waals surface area contributed by atoms with Crippen LogP contribution in [0.1, 0.15) is 28.9 Å². The van der Waals surface area contributed by atoms with Crippen molar-refractivity contribution in [1.29, 1.82) is 0 Å². The van der Waals surface area contributed by atoms with Crippen LogP contribution in [0.3, 0.4) is 0 Å². The number of carbonyl (C=O) groups is 3. The zero-order valence-electron chi connectivity index (χ0n) is 18.3. The minimum atomic E-state index is -1.12. The molecule has 5 rings (SSSR count). The van der Waals surface area contributed by atoms with Gasteiger partial charge in [-0.3, -0.25) is 14.4 Å². The number of aromatic carboxylic acids is 1. The SMILES string of the molecule is CCOc1cccc(N2C(=O)[C@H]3[C@@H](c4ccccc4C(=O)O)N(c4ccccc4)O[C@H]3C2=O)c1. The molecule has 172 valence electrons. The summed E-state index contributed by atoms with van der Waals surface area (Å²) in [6, 6.07) is 21.5.